The molecule has 0 aromatic carbocycles. The van der Waals surface area contributed by atoms with Crippen molar-refractivity contribution in [2.45, 2.75) is 18.0 Å². The Morgan fingerprint density at radius 3 is 2.80 bits per heavy atom. The fourth-order valence-corrected chi connectivity index (χ4v) is 3.34. The maximum atomic E-state index is 11.8. The summed E-state index contributed by atoms with van der Waals surface area (Å²) in [4.78, 5) is 45.5. The summed E-state index contributed by atoms with van der Waals surface area (Å²) >= 11 is 1.10. The van der Waals surface area contributed by atoms with Crippen LogP contribution in [0.1, 0.15) is 6.92 Å². The lowest BCUT2D eigenvalue weighted by atomic mass is 9.97. The van der Waals surface area contributed by atoms with E-state index in [1.54, 1.807) is 0 Å². The number of esters is 1. The second kappa shape index (κ2) is 4.87. The van der Waals surface area contributed by atoms with Gasteiger partial charge >= 0.3 is 11.9 Å². The molecule has 2 aliphatic rings. The first kappa shape index (κ1) is 14.5. The van der Waals surface area contributed by atoms with Crippen LogP contribution >= 0.6 is 11.8 Å². The van der Waals surface area contributed by atoms with Crippen LogP contribution < -0.4 is 5.73 Å². The van der Waals surface area contributed by atoms with Crippen molar-refractivity contribution in [2.24, 2.45) is 10.9 Å². The number of carbonyl (C=O) groups excluding carboxylic acids is 2. The lowest BCUT2D eigenvalue weighted by Crippen LogP contribution is -2.77. The summed E-state index contributed by atoms with van der Waals surface area (Å²) in [5, 5.41) is 11.0. The third-order valence-electron chi connectivity index (χ3n) is 2.97. The van der Waals surface area contributed by atoms with E-state index in [4.69, 9.17) is 10.5 Å². The number of nitroso groups, excluding NO2 is 1. The molecule has 108 valence electrons. The van der Waals surface area contributed by atoms with Crippen LogP contribution in [0.3, 0.4) is 0 Å². The Morgan fingerprint density at radius 1 is 1.65 bits per heavy atom. The zero-order valence-electron chi connectivity index (χ0n) is 10.4. The number of fused-ring (bicyclic) bond motifs is 1. The molecule has 0 radical (unpaired) electrons. The number of amides is 1. The third kappa shape index (κ3) is 1.96. The van der Waals surface area contributed by atoms with E-state index in [9.17, 15) is 24.4 Å². The van der Waals surface area contributed by atoms with E-state index < -0.39 is 28.9 Å². The average Bonchev–Trinajstić information content (AvgIpc) is 2.42. The molecule has 2 atom stereocenters. The van der Waals surface area contributed by atoms with Crippen LogP contribution in [0.2, 0.25) is 0 Å². The van der Waals surface area contributed by atoms with Gasteiger partial charge in [0.2, 0.25) is 0 Å². The number of nitrogens with zero attached hydrogens (tertiary/aromatic N) is 2. The largest absolute Gasteiger partial charge is 0.477 e. The number of β-lactam (4-membered cyclic amide) rings is 1. The Morgan fingerprint density at radius 2 is 2.30 bits per heavy atom. The van der Waals surface area contributed by atoms with Gasteiger partial charge in [-0.05, 0) is 5.18 Å². The van der Waals surface area contributed by atoms with Gasteiger partial charge in [0, 0.05) is 18.2 Å². The fraction of sp³-hybridized carbons (Fsp3) is 0.500. The predicted octanol–water partition coefficient (Wildman–Crippen LogP) is -0.775. The van der Waals surface area contributed by atoms with Gasteiger partial charge in [-0.1, -0.05) is 0 Å². The summed E-state index contributed by atoms with van der Waals surface area (Å²) < 4.78 is 4.76. The molecule has 10 heteroatoms. The van der Waals surface area contributed by atoms with E-state index in [-0.39, 0.29) is 23.6 Å². The Kier molecular flexibility index (Phi) is 3.52. The number of thioether (sulfide) groups is 1. The van der Waals surface area contributed by atoms with E-state index >= 15 is 0 Å². The summed E-state index contributed by atoms with van der Waals surface area (Å²) in [6.07, 6.45) is 0. The minimum absolute atomic E-state index is 0.178. The van der Waals surface area contributed by atoms with Gasteiger partial charge < -0.3 is 9.84 Å². The number of rotatable bonds is 4. The molecule has 2 aliphatic heterocycles. The molecule has 0 aromatic heterocycles. The molecule has 2 rings (SSSR count). The highest BCUT2D eigenvalue weighted by molar-refractivity contribution is 8.00. The Hall–Kier alpha value is -1.94. The van der Waals surface area contributed by atoms with E-state index in [0.717, 1.165) is 16.7 Å². The number of carboxylic acid groups (broad SMARTS) is 1. The molecule has 0 bridgehead atoms. The monoisotopic (exact) mass is 301 g/mol. The molecule has 2 heterocycles. The van der Waals surface area contributed by atoms with Crippen molar-refractivity contribution in [3.63, 3.8) is 0 Å². The summed E-state index contributed by atoms with van der Waals surface area (Å²) in [7, 11) is 0. The van der Waals surface area contributed by atoms with Crippen LogP contribution in [-0.4, -0.2) is 51.2 Å². The Bertz CT molecular complexity index is 547. The van der Waals surface area contributed by atoms with Crippen LogP contribution in [0.5, 0.6) is 0 Å². The van der Waals surface area contributed by atoms with E-state index in [0.29, 0.717) is 0 Å². The molecule has 1 amide bonds. The number of hydrogen-bond acceptors (Lipinski definition) is 8. The van der Waals surface area contributed by atoms with Gasteiger partial charge in [-0.15, -0.1) is 16.7 Å². The maximum absolute atomic E-state index is 11.8. The third-order valence-corrected chi connectivity index (χ3v) is 4.37. The first-order chi connectivity index (χ1) is 9.32. The highest BCUT2D eigenvalue weighted by atomic mass is 32.2. The van der Waals surface area contributed by atoms with Gasteiger partial charge in [0.1, 0.15) is 17.7 Å². The number of aliphatic carboxylic acids is 1. The number of carbonyl (C=O) groups is 3. The van der Waals surface area contributed by atoms with Crippen molar-refractivity contribution in [1.29, 1.82) is 0 Å². The lowest BCUT2D eigenvalue weighted by Gasteiger charge is -2.51. The van der Waals surface area contributed by atoms with E-state index in [2.05, 4.69) is 5.18 Å². The standard InChI is InChI=1S/C10H11N3O6S/c1-4(14)19-2-5-3-20-9-10(11,12-18)8(17)13(9)6(5)7(15)16/h9H,2-3,11H2,1H3,(H,15,16)/t9-,10-/m1/s1. The van der Waals surface area contributed by atoms with E-state index in [1.165, 1.54) is 6.92 Å². The van der Waals surface area contributed by atoms with Crippen LogP contribution in [0, 0.1) is 4.91 Å². The summed E-state index contributed by atoms with van der Waals surface area (Å²) in [5.41, 5.74) is 3.58. The molecular weight excluding hydrogens is 290 g/mol. The highest BCUT2D eigenvalue weighted by Gasteiger charge is 2.64. The van der Waals surface area contributed by atoms with Crippen molar-refractivity contribution >= 4 is 29.6 Å². The molecule has 0 saturated carbocycles. The Labute approximate surface area is 117 Å². The smallest absolute Gasteiger partial charge is 0.352 e. The normalized spacial score (nSPS) is 28.6. The minimum atomic E-state index is -1.93. The van der Waals surface area contributed by atoms with Gasteiger partial charge in [-0.25, -0.2) is 4.79 Å². The summed E-state index contributed by atoms with van der Waals surface area (Å²) in [6, 6.07) is 0. The molecule has 0 aromatic rings. The van der Waals surface area contributed by atoms with Crippen LogP contribution in [0.15, 0.2) is 16.4 Å². The van der Waals surface area contributed by atoms with Crippen molar-refractivity contribution in [3.8, 4) is 0 Å². The number of ether oxygens (including phenoxy) is 1. The average molecular weight is 301 g/mol. The van der Waals surface area contributed by atoms with E-state index in [1.807, 2.05) is 0 Å². The maximum Gasteiger partial charge on any atom is 0.352 e. The number of carboxylic acids is 1. The molecule has 3 N–H and O–H groups in total. The molecule has 0 unspecified atom stereocenters. The fourth-order valence-electron chi connectivity index (χ4n) is 2.01. The SMILES string of the molecule is CC(=O)OCC1=C(C(=O)O)N2C(=O)[C@@](N)(N=O)[C@H]2SC1. The number of hydrogen-bond donors (Lipinski definition) is 2. The quantitative estimate of drug-likeness (QED) is 0.392. The van der Waals surface area contributed by atoms with Gasteiger partial charge in [-0.3, -0.25) is 20.2 Å². The molecule has 1 saturated heterocycles. The van der Waals surface area contributed by atoms with Crippen molar-refractivity contribution < 1.29 is 24.2 Å². The van der Waals surface area contributed by atoms with Crippen LogP contribution in [0.25, 0.3) is 0 Å². The van der Waals surface area contributed by atoms with Gasteiger partial charge in [0.25, 0.3) is 11.6 Å². The number of nitrogens with two attached hydrogens (primary N) is 1. The van der Waals surface area contributed by atoms with Gasteiger partial charge in [-0.2, -0.15) is 0 Å². The lowest BCUT2D eigenvalue weighted by molar-refractivity contribution is -0.154. The van der Waals surface area contributed by atoms with Crippen molar-refractivity contribution in [1.82, 2.24) is 4.90 Å². The summed E-state index contributed by atoms with van der Waals surface area (Å²) in [5.74, 6) is -2.61. The topological polar surface area (TPSA) is 139 Å². The van der Waals surface area contributed by atoms with Crippen LogP contribution in [0.4, 0.5) is 0 Å². The molecular formula is C10H11N3O6S. The molecule has 0 spiro atoms. The van der Waals surface area contributed by atoms with Crippen LogP contribution in [-0.2, 0) is 19.1 Å². The zero-order valence-corrected chi connectivity index (χ0v) is 11.2. The molecule has 9 nitrogen and oxygen atoms in total. The minimum Gasteiger partial charge on any atom is -0.477 e. The second-order valence-electron chi connectivity index (χ2n) is 4.29. The first-order valence-electron chi connectivity index (χ1n) is 5.50. The van der Waals surface area contributed by atoms with Gasteiger partial charge in [0.05, 0.1) is 0 Å². The first-order valence-corrected chi connectivity index (χ1v) is 6.55. The van der Waals surface area contributed by atoms with Crippen molar-refractivity contribution in [2.75, 3.05) is 12.4 Å². The van der Waals surface area contributed by atoms with Crippen molar-refractivity contribution in [3.05, 3.63) is 16.2 Å². The Balaban J connectivity index is 2.33. The summed E-state index contributed by atoms with van der Waals surface area (Å²) in [6.45, 7) is 0.961. The predicted molar refractivity (Wildman–Crippen MR) is 67.1 cm³/mol. The molecule has 1 fully saturated rings. The zero-order chi connectivity index (χ0) is 15.1. The molecule has 20 heavy (non-hydrogen) atoms. The molecule has 0 aliphatic carbocycles. The second-order valence-corrected chi connectivity index (χ2v) is 5.36. The van der Waals surface area contributed by atoms with Gasteiger partial charge in [0.15, 0.2) is 0 Å². The highest BCUT2D eigenvalue weighted by Crippen LogP contribution is 2.45.